The molecule has 3 nitrogen and oxygen atoms in total. The number of hydrogen-bond acceptors (Lipinski definition) is 2. The van der Waals surface area contributed by atoms with Gasteiger partial charge in [-0.2, -0.15) is 0 Å². The Morgan fingerprint density at radius 1 is 1.57 bits per heavy atom. The summed E-state index contributed by atoms with van der Waals surface area (Å²) in [6.45, 7) is 1.99. The first-order valence-electron chi connectivity index (χ1n) is 4.24. The highest BCUT2D eigenvalue weighted by atomic mass is 35.5. The number of carbonyl (C=O) groups excluding carboxylic acids is 1. The fraction of sp³-hybridized carbons (Fsp3) is 0.444. The van der Waals surface area contributed by atoms with Gasteiger partial charge in [0.25, 0.3) is 5.91 Å². The first kappa shape index (κ1) is 9.87. The molecule has 1 unspecified atom stereocenters. The Labute approximate surface area is 91.7 Å². The van der Waals surface area contributed by atoms with Crippen LogP contribution in [0.5, 0.6) is 0 Å². The average molecular weight is 234 g/mol. The topological polar surface area (TPSA) is 38.3 Å². The van der Waals surface area contributed by atoms with Crippen LogP contribution in [0.3, 0.4) is 0 Å². The van der Waals surface area contributed by atoms with Gasteiger partial charge >= 0.3 is 4.52 Å². The number of nitrogens with one attached hydrogen (secondary N) is 1. The molecule has 1 amide bonds. The summed E-state index contributed by atoms with van der Waals surface area (Å²) in [4.78, 5) is 11.3. The van der Waals surface area contributed by atoms with E-state index in [4.69, 9.17) is 27.9 Å². The Bertz CT molecular complexity index is 347. The molecule has 1 atom stereocenters. The molecule has 0 saturated carbocycles. The van der Waals surface area contributed by atoms with Crippen molar-refractivity contribution in [2.75, 3.05) is 0 Å². The third-order valence-corrected chi connectivity index (χ3v) is 2.71. The number of allylic oxidation sites excluding steroid dienone is 2. The molecule has 5 heteroatoms. The third kappa shape index (κ3) is 1.62. The van der Waals surface area contributed by atoms with Gasteiger partial charge in [-0.05, 0) is 42.6 Å². The van der Waals surface area contributed by atoms with Gasteiger partial charge in [-0.1, -0.05) is 11.6 Å². The molecule has 0 radical (unpaired) electrons. The summed E-state index contributed by atoms with van der Waals surface area (Å²) in [5, 5.41) is 2.70. The molecule has 14 heavy (non-hydrogen) atoms. The van der Waals surface area contributed by atoms with E-state index in [9.17, 15) is 4.79 Å². The summed E-state index contributed by atoms with van der Waals surface area (Å²) in [5.74, 6) is 0.109. The molecular weight excluding hydrogens is 225 g/mol. The summed E-state index contributed by atoms with van der Waals surface area (Å²) in [5.41, 5.74) is 1.18. The summed E-state index contributed by atoms with van der Waals surface area (Å²) in [7, 11) is 0. The maximum atomic E-state index is 11.3. The van der Waals surface area contributed by atoms with Crippen molar-refractivity contribution >= 4 is 29.1 Å². The second-order valence-electron chi connectivity index (χ2n) is 3.43. The molecule has 1 saturated heterocycles. The molecule has 1 aliphatic heterocycles. The Morgan fingerprint density at radius 3 is 3.00 bits per heavy atom. The van der Waals surface area contributed by atoms with Gasteiger partial charge in [0, 0.05) is 0 Å². The van der Waals surface area contributed by atoms with Crippen LogP contribution in [0.2, 0.25) is 0 Å². The summed E-state index contributed by atoms with van der Waals surface area (Å²) >= 11 is 11.3. The number of alkyl halides is 2. The predicted molar refractivity (Wildman–Crippen MR) is 53.9 cm³/mol. The van der Waals surface area contributed by atoms with E-state index < -0.39 is 10.4 Å². The first-order chi connectivity index (χ1) is 6.49. The van der Waals surface area contributed by atoms with Crippen LogP contribution >= 0.6 is 23.2 Å². The number of carbonyl (C=O) groups is 1. The zero-order valence-corrected chi connectivity index (χ0v) is 9.02. The highest BCUT2D eigenvalue weighted by Crippen LogP contribution is 2.34. The number of hydrogen-bond donors (Lipinski definition) is 1. The molecule has 1 aliphatic carbocycles. The van der Waals surface area contributed by atoms with Gasteiger partial charge in [0.15, 0.2) is 0 Å². The molecule has 1 heterocycles. The Morgan fingerprint density at radius 2 is 2.29 bits per heavy atom. The van der Waals surface area contributed by atoms with Crippen molar-refractivity contribution < 1.29 is 9.53 Å². The maximum Gasteiger partial charge on any atom is 0.338 e. The fourth-order valence-corrected chi connectivity index (χ4v) is 1.78. The van der Waals surface area contributed by atoms with Gasteiger partial charge in [-0.3, -0.25) is 4.79 Å². The minimum atomic E-state index is -1.79. The van der Waals surface area contributed by atoms with Crippen LogP contribution in [0.25, 0.3) is 0 Å². The van der Waals surface area contributed by atoms with Crippen molar-refractivity contribution in [3.05, 3.63) is 23.5 Å². The van der Waals surface area contributed by atoms with Gasteiger partial charge in [-0.25, -0.2) is 0 Å². The largest absolute Gasteiger partial charge is 0.452 e. The lowest BCUT2D eigenvalue weighted by molar-refractivity contribution is -0.133. The number of halogens is 2. The maximum absolute atomic E-state index is 11.3. The second-order valence-corrected chi connectivity index (χ2v) is 4.69. The van der Waals surface area contributed by atoms with E-state index in [0.717, 1.165) is 6.42 Å². The molecule has 0 spiro atoms. The quantitative estimate of drug-likeness (QED) is 0.649. The summed E-state index contributed by atoms with van der Waals surface area (Å²) < 4.78 is 3.38. The number of ether oxygens (including phenoxy) is 1. The van der Waals surface area contributed by atoms with Gasteiger partial charge in [0.2, 0.25) is 0 Å². The van der Waals surface area contributed by atoms with Crippen LogP contribution in [0.4, 0.5) is 0 Å². The molecular formula is C9H9Cl2NO2. The van der Waals surface area contributed by atoms with E-state index in [0.29, 0.717) is 5.76 Å². The zero-order chi connectivity index (χ0) is 10.3. The number of fused-ring (bicyclic) bond motifs is 1. The molecule has 2 rings (SSSR count). The van der Waals surface area contributed by atoms with Crippen LogP contribution in [0.1, 0.15) is 13.3 Å². The normalized spacial score (nSPS) is 29.4. The first-order valence-corrected chi connectivity index (χ1v) is 5.00. The monoisotopic (exact) mass is 233 g/mol. The highest BCUT2D eigenvalue weighted by molar-refractivity contribution is 6.57. The standard InChI is InChI=1S/C9H9Cl2NO2/c1-5-2-3-7-6(4-5)12-8(13)9(10,11)14-7/h2-3,6H,4H2,1H3,(H,12,13). The molecule has 0 aromatic heterocycles. The van der Waals surface area contributed by atoms with Gasteiger partial charge in [-0.15, -0.1) is 0 Å². The Hall–Kier alpha value is -0.670. The smallest absolute Gasteiger partial charge is 0.338 e. The lowest BCUT2D eigenvalue weighted by Crippen LogP contribution is -2.52. The van der Waals surface area contributed by atoms with Gasteiger partial charge in [0.05, 0.1) is 6.04 Å². The van der Waals surface area contributed by atoms with Crippen molar-refractivity contribution in [2.45, 2.75) is 23.9 Å². The average Bonchev–Trinajstić information content (AvgIpc) is 2.08. The molecule has 0 bridgehead atoms. The minimum absolute atomic E-state index is 0.127. The molecule has 76 valence electrons. The predicted octanol–water partition coefficient (Wildman–Crippen LogP) is 1.87. The molecule has 0 aromatic rings. The van der Waals surface area contributed by atoms with Crippen LogP contribution in [-0.4, -0.2) is 16.5 Å². The zero-order valence-electron chi connectivity index (χ0n) is 7.51. The molecule has 0 aromatic carbocycles. The molecule has 1 N–H and O–H groups in total. The highest BCUT2D eigenvalue weighted by Gasteiger charge is 2.44. The van der Waals surface area contributed by atoms with Gasteiger partial charge < -0.3 is 10.1 Å². The van der Waals surface area contributed by atoms with Crippen molar-refractivity contribution in [2.24, 2.45) is 0 Å². The van der Waals surface area contributed by atoms with Crippen molar-refractivity contribution in [3.8, 4) is 0 Å². The van der Waals surface area contributed by atoms with Crippen LogP contribution in [-0.2, 0) is 9.53 Å². The van der Waals surface area contributed by atoms with Crippen LogP contribution < -0.4 is 5.32 Å². The lowest BCUT2D eigenvalue weighted by atomic mass is 9.99. The Balaban J connectivity index is 2.27. The summed E-state index contributed by atoms with van der Waals surface area (Å²) in [6.07, 6.45) is 4.44. The number of morpholine rings is 1. The number of rotatable bonds is 0. The van der Waals surface area contributed by atoms with Crippen molar-refractivity contribution in [1.82, 2.24) is 5.32 Å². The molecule has 1 fully saturated rings. The van der Waals surface area contributed by atoms with E-state index in [2.05, 4.69) is 5.32 Å². The van der Waals surface area contributed by atoms with Crippen molar-refractivity contribution in [3.63, 3.8) is 0 Å². The Kier molecular flexibility index (Phi) is 2.24. The summed E-state index contributed by atoms with van der Waals surface area (Å²) in [6, 6.07) is -0.127. The van der Waals surface area contributed by atoms with Crippen LogP contribution in [0.15, 0.2) is 23.5 Å². The van der Waals surface area contributed by atoms with E-state index in [1.54, 1.807) is 6.08 Å². The number of amides is 1. The van der Waals surface area contributed by atoms with E-state index in [1.807, 2.05) is 13.0 Å². The third-order valence-electron chi connectivity index (χ3n) is 2.22. The SMILES string of the molecule is CC1=CC=C2OC(Cl)(Cl)C(=O)NC2C1. The van der Waals surface area contributed by atoms with Gasteiger partial charge in [0.1, 0.15) is 5.76 Å². The molecule has 2 aliphatic rings. The van der Waals surface area contributed by atoms with E-state index >= 15 is 0 Å². The fourth-order valence-electron chi connectivity index (χ4n) is 1.50. The second kappa shape index (κ2) is 3.17. The van der Waals surface area contributed by atoms with E-state index in [-0.39, 0.29) is 6.04 Å². The van der Waals surface area contributed by atoms with Crippen LogP contribution in [0, 0.1) is 0 Å². The van der Waals surface area contributed by atoms with Crippen molar-refractivity contribution in [1.29, 1.82) is 0 Å². The minimum Gasteiger partial charge on any atom is -0.452 e. The lowest BCUT2D eigenvalue weighted by Gasteiger charge is -2.35. The van der Waals surface area contributed by atoms with E-state index in [1.165, 1.54) is 5.57 Å².